The Morgan fingerprint density at radius 2 is 2.00 bits per heavy atom. The van der Waals surface area contributed by atoms with E-state index in [1.54, 1.807) is 0 Å². The molecule has 1 saturated heterocycles. The molecule has 1 aromatic carbocycles. The average Bonchev–Trinajstić information content (AvgIpc) is 3.36. The first-order valence-electron chi connectivity index (χ1n) is 9.64. The molecule has 2 amide bonds. The number of amides is 2. The molecule has 0 radical (unpaired) electrons. The first-order chi connectivity index (χ1) is 12.2. The van der Waals surface area contributed by atoms with E-state index in [1.807, 2.05) is 35.2 Å². The van der Waals surface area contributed by atoms with Crippen molar-refractivity contribution in [1.82, 2.24) is 10.2 Å². The van der Waals surface area contributed by atoms with E-state index >= 15 is 0 Å². The van der Waals surface area contributed by atoms with Crippen molar-refractivity contribution in [3.63, 3.8) is 0 Å². The van der Waals surface area contributed by atoms with E-state index in [0.29, 0.717) is 18.6 Å². The van der Waals surface area contributed by atoms with Gasteiger partial charge in [-0.1, -0.05) is 30.3 Å². The Bertz CT molecular complexity index is 590. The van der Waals surface area contributed by atoms with Crippen molar-refractivity contribution < 1.29 is 14.6 Å². The van der Waals surface area contributed by atoms with Gasteiger partial charge in [0.15, 0.2) is 0 Å². The highest BCUT2D eigenvalue weighted by Gasteiger charge is 2.40. The van der Waals surface area contributed by atoms with Gasteiger partial charge >= 0.3 is 6.03 Å². The zero-order valence-electron chi connectivity index (χ0n) is 14.6. The average molecular weight is 344 g/mol. The van der Waals surface area contributed by atoms with Gasteiger partial charge in [0, 0.05) is 24.6 Å². The molecule has 2 aliphatic carbocycles. The van der Waals surface area contributed by atoms with Gasteiger partial charge in [0.2, 0.25) is 0 Å². The molecule has 3 fully saturated rings. The molecule has 1 heterocycles. The maximum Gasteiger partial charge on any atom is 0.317 e. The Hall–Kier alpha value is -1.59. The summed E-state index contributed by atoms with van der Waals surface area (Å²) in [5, 5.41) is 13.8. The highest BCUT2D eigenvalue weighted by molar-refractivity contribution is 5.75. The zero-order valence-corrected chi connectivity index (χ0v) is 14.6. The summed E-state index contributed by atoms with van der Waals surface area (Å²) in [6.45, 7) is 1.18. The van der Waals surface area contributed by atoms with Gasteiger partial charge in [-0.2, -0.15) is 0 Å². The van der Waals surface area contributed by atoms with Crippen LogP contribution in [-0.2, 0) is 4.74 Å². The molecule has 5 nitrogen and oxygen atoms in total. The van der Waals surface area contributed by atoms with Crippen LogP contribution in [0.1, 0.15) is 50.2 Å². The van der Waals surface area contributed by atoms with Gasteiger partial charge in [-0.3, -0.25) is 0 Å². The number of ether oxygens (including phenoxy) is 1. The van der Waals surface area contributed by atoms with Crippen molar-refractivity contribution in [2.75, 3.05) is 13.2 Å². The van der Waals surface area contributed by atoms with Gasteiger partial charge < -0.3 is 20.1 Å². The van der Waals surface area contributed by atoms with E-state index < -0.39 is 6.10 Å². The maximum atomic E-state index is 12.9. The van der Waals surface area contributed by atoms with Crippen molar-refractivity contribution in [2.24, 2.45) is 5.92 Å². The fourth-order valence-corrected chi connectivity index (χ4v) is 4.35. The summed E-state index contributed by atoms with van der Waals surface area (Å²) in [6, 6.07) is 10.1. The van der Waals surface area contributed by atoms with Crippen LogP contribution >= 0.6 is 0 Å². The number of rotatable bonds is 5. The molecule has 0 aromatic heterocycles. The molecule has 4 atom stereocenters. The zero-order chi connectivity index (χ0) is 17.2. The minimum absolute atomic E-state index is 0.0185. The third-order valence-electron chi connectivity index (χ3n) is 5.89. The molecule has 136 valence electrons. The number of hydrogen-bond acceptors (Lipinski definition) is 3. The van der Waals surface area contributed by atoms with E-state index in [9.17, 15) is 9.90 Å². The fraction of sp³-hybridized carbons (Fsp3) is 0.650. The van der Waals surface area contributed by atoms with E-state index in [2.05, 4.69) is 5.32 Å². The van der Waals surface area contributed by atoms with E-state index in [1.165, 1.54) is 0 Å². The highest BCUT2D eigenvalue weighted by atomic mass is 16.5. The normalized spacial score (nSPS) is 29.7. The van der Waals surface area contributed by atoms with Crippen molar-refractivity contribution >= 4 is 6.03 Å². The van der Waals surface area contributed by atoms with E-state index in [0.717, 1.165) is 50.7 Å². The lowest BCUT2D eigenvalue weighted by atomic mass is 9.82. The predicted molar refractivity (Wildman–Crippen MR) is 95.1 cm³/mol. The van der Waals surface area contributed by atoms with Gasteiger partial charge in [-0.25, -0.2) is 4.79 Å². The Balaban J connectivity index is 1.39. The van der Waals surface area contributed by atoms with Crippen molar-refractivity contribution in [3.8, 4) is 0 Å². The molecule has 25 heavy (non-hydrogen) atoms. The second-order valence-corrected chi connectivity index (χ2v) is 7.66. The fourth-order valence-electron chi connectivity index (χ4n) is 4.35. The Kier molecular flexibility index (Phi) is 4.95. The van der Waals surface area contributed by atoms with Gasteiger partial charge in [-0.15, -0.1) is 0 Å². The standard InChI is InChI=1S/C20H28N2O3/c23-18(14-5-2-1-3-6-14)13-22(15-9-10-15)20(24)21-17-7-4-8-19-16(17)11-12-25-19/h1-3,5-6,15-19,23H,4,7-13H2,(H,21,24)/t16-,17-,18+,19+/m1/s1. The van der Waals surface area contributed by atoms with Gasteiger partial charge in [-0.05, 0) is 44.1 Å². The van der Waals surface area contributed by atoms with E-state index in [-0.39, 0.29) is 18.1 Å². The number of fused-ring (bicyclic) bond motifs is 1. The Morgan fingerprint density at radius 3 is 2.76 bits per heavy atom. The Morgan fingerprint density at radius 1 is 1.20 bits per heavy atom. The number of nitrogens with zero attached hydrogens (tertiary/aromatic N) is 1. The highest BCUT2D eigenvalue weighted by Crippen LogP contribution is 2.35. The molecule has 0 bridgehead atoms. The minimum atomic E-state index is -0.638. The molecule has 1 aromatic rings. The van der Waals surface area contributed by atoms with Crippen LogP contribution in [0.4, 0.5) is 4.79 Å². The van der Waals surface area contributed by atoms with Crippen LogP contribution in [0.5, 0.6) is 0 Å². The lowest BCUT2D eigenvalue weighted by Gasteiger charge is -2.35. The Labute approximate surface area is 149 Å². The first kappa shape index (κ1) is 16.9. The number of urea groups is 1. The largest absolute Gasteiger partial charge is 0.387 e. The second kappa shape index (κ2) is 7.34. The third-order valence-corrected chi connectivity index (χ3v) is 5.89. The lowest BCUT2D eigenvalue weighted by molar-refractivity contribution is 0.0526. The number of aliphatic hydroxyl groups excluding tert-OH is 1. The van der Waals surface area contributed by atoms with Crippen LogP contribution in [0, 0.1) is 5.92 Å². The van der Waals surface area contributed by atoms with Crippen LogP contribution in [-0.4, -0.2) is 47.4 Å². The maximum absolute atomic E-state index is 12.9. The number of carbonyl (C=O) groups is 1. The van der Waals surface area contributed by atoms with Crippen LogP contribution in [0.3, 0.4) is 0 Å². The van der Waals surface area contributed by atoms with Crippen LogP contribution in [0.25, 0.3) is 0 Å². The molecule has 0 spiro atoms. The molecule has 0 unspecified atom stereocenters. The number of aliphatic hydroxyl groups is 1. The third kappa shape index (κ3) is 3.82. The molecule has 2 saturated carbocycles. The topological polar surface area (TPSA) is 61.8 Å². The van der Waals surface area contributed by atoms with Gasteiger partial charge in [0.05, 0.1) is 18.8 Å². The molecule has 1 aliphatic heterocycles. The monoisotopic (exact) mass is 344 g/mol. The second-order valence-electron chi connectivity index (χ2n) is 7.66. The summed E-state index contributed by atoms with van der Waals surface area (Å²) in [5.41, 5.74) is 0.864. The van der Waals surface area contributed by atoms with Crippen LogP contribution in [0.15, 0.2) is 30.3 Å². The molecular weight excluding hydrogens is 316 g/mol. The van der Waals surface area contributed by atoms with Crippen molar-refractivity contribution in [2.45, 2.75) is 62.8 Å². The van der Waals surface area contributed by atoms with Crippen molar-refractivity contribution in [1.29, 1.82) is 0 Å². The molecular formula is C20H28N2O3. The summed E-state index contributed by atoms with van der Waals surface area (Å²) < 4.78 is 5.81. The molecule has 3 aliphatic rings. The van der Waals surface area contributed by atoms with Gasteiger partial charge in [0.25, 0.3) is 0 Å². The SMILES string of the molecule is O=C(N[C@@H]1CCC[C@@H]2OCC[C@@H]21)N(C[C@H](O)c1ccccc1)C1CC1. The summed E-state index contributed by atoms with van der Waals surface area (Å²) in [4.78, 5) is 14.8. The van der Waals surface area contributed by atoms with E-state index in [4.69, 9.17) is 4.74 Å². The van der Waals surface area contributed by atoms with Crippen LogP contribution < -0.4 is 5.32 Å². The number of carbonyl (C=O) groups excluding carboxylic acids is 1. The number of benzene rings is 1. The molecule has 4 rings (SSSR count). The number of hydrogen-bond donors (Lipinski definition) is 2. The summed E-state index contributed by atoms with van der Waals surface area (Å²) in [7, 11) is 0. The van der Waals surface area contributed by atoms with Crippen LogP contribution in [0.2, 0.25) is 0 Å². The van der Waals surface area contributed by atoms with Gasteiger partial charge in [0.1, 0.15) is 0 Å². The number of nitrogens with one attached hydrogen (secondary N) is 1. The summed E-state index contributed by atoms with van der Waals surface area (Å²) >= 11 is 0. The summed E-state index contributed by atoms with van der Waals surface area (Å²) in [5.74, 6) is 0.456. The molecule has 5 heteroatoms. The van der Waals surface area contributed by atoms with Crippen molar-refractivity contribution in [3.05, 3.63) is 35.9 Å². The minimum Gasteiger partial charge on any atom is -0.387 e. The first-order valence-corrected chi connectivity index (χ1v) is 9.64. The predicted octanol–water partition coefficient (Wildman–Crippen LogP) is 2.85. The lowest BCUT2D eigenvalue weighted by Crippen LogP contribution is -2.51. The smallest absolute Gasteiger partial charge is 0.317 e. The quantitative estimate of drug-likeness (QED) is 0.863. The summed E-state index contributed by atoms with van der Waals surface area (Å²) in [6.07, 6.45) is 6.08. The molecule has 2 N–H and O–H groups in total.